The van der Waals surface area contributed by atoms with Crippen molar-refractivity contribution in [1.29, 1.82) is 0 Å². The Morgan fingerprint density at radius 1 is 0.314 bits per heavy atom. The van der Waals surface area contributed by atoms with Gasteiger partial charge in [-0.1, -0.05) is 152 Å². The maximum atomic E-state index is 6.67. The van der Waals surface area contributed by atoms with E-state index in [4.69, 9.17) is 19.4 Å². The molecule has 0 fully saturated rings. The number of nitrogens with zero attached hydrogens (tertiary/aromatic N) is 3. The summed E-state index contributed by atoms with van der Waals surface area (Å²) in [6.45, 7) is 0. The molecule has 2 aromatic heterocycles. The van der Waals surface area contributed by atoms with Crippen LogP contribution in [0.3, 0.4) is 0 Å². The number of para-hydroxylation sites is 1. The Morgan fingerprint density at radius 3 is 1.43 bits per heavy atom. The lowest BCUT2D eigenvalue weighted by Crippen LogP contribution is -2.00. The lowest BCUT2D eigenvalue weighted by Gasteiger charge is -2.10. The van der Waals surface area contributed by atoms with Crippen LogP contribution in [0.15, 0.2) is 180 Å². The van der Waals surface area contributed by atoms with Gasteiger partial charge in [-0.2, -0.15) is 0 Å². The third-order valence-electron chi connectivity index (χ3n) is 9.71. The highest BCUT2D eigenvalue weighted by Crippen LogP contribution is 2.38. The SMILES string of the molecule is c1ccc(-c2ccc(-c3cccc4c3oc3cc(-c5nc(-c6ccc7ccccc7c6)nc(-c6ccc7ccccc7c6)n5)ccc34)cc2)cc1. The molecule has 8 aromatic carbocycles. The predicted molar refractivity (Wildman–Crippen MR) is 209 cm³/mol. The van der Waals surface area contributed by atoms with Crippen LogP contribution in [0.25, 0.3) is 99.9 Å². The predicted octanol–water partition coefficient (Wildman–Crippen LogP) is 12.4. The summed E-state index contributed by atoms with van der Waals surface area (Å²) in [4.78, 5) is 15.2. The van der Waals surface area contributed by atoms with Crippen molar-refractivity contribution in [3.8, 4) is 56.4 Å². The molecule has 0 radical (unpaired) electrons. The fourth-order valence-corrected chi connectivity index (χ4v) is 7.06. The highest BCUT2D eigenvalue weighted by molar-refractivity contribution is 6.10. The molecule has 0 atom stereocenters. The summed E-state index contributed by atoms with van der Waals surface area (Å²) >= 11 is 0. The molecule has 0 aliphatic rings. The number of hydrogen-bond donors (Lipinski definition) is 0. The summed E-state index contributed by atoms with van der Waals surface area (Å²) in [5.41, 5.74) is 8.94. The molecule has 10 aromatic rings. The molecule has 0 saturated carbocycles. The zero-order valence-corrected chi connectivity index (χ0v) is 27.5. The Hall–Kier alpha value is -6.91. The van der Waals surface area contributed by atoms with E-state index in [0.29, 0.717) is 17.5 Å². The Kier molecular flexibility index (Phi) is 6.78. The number of aromatic nitrogens is 3. The molecular weight excluding hydrogens is 623 g/mol. The van der Waals surface area contributed by atoms with Gasteiger partial charge in [0.05, 0.1) is 0 Å². The summed E-state index contributed by atoms with van der Waals surface area (Å²) < 4.78 is 6.67. The molecule has 0 unspecified atom stereocenters. The second-order valence-electron chi connectivity index (χ2n) is 12.9. The van der Waals surface area contributed by atoms with Gasteiger partial charge in [-0.05, 0) is 62.5 Å². The van der Waals surface area contributed by atoms with Gasteiger partial charge in [-0.25, -0.2) is 15.0 Å². The highest BCUT2D eigenvalue weighted by atomic mass is 16.3. The maximum Gasteiger partial charge on any atom is 0.164 e. The van der Waals surface area contributed by atoms with Gasteiger partial charge in [-0.15, -0.1) is 0 Å². The Balaban J connectivity index is 1.10. The van der Waals surface area contributed by atoms with Gasteiger partial charge >= 0.3 is 0 Å². The quantitative estimate of drug-likeness (QED) is 0.186. The Bertz CT molecular complexity index is 2810. The van der Waals surface area contributed by atoms with Crippen LogP contribution < -0.4 is 0 Å². The van der Waals surface area contributed by atoms with Crippen molar-refractivity contribution in [1.82, 2.24) is 15.0 Å². The van der Waals surface area contributed by atoms with Crippen LogP contribution in [0.5, 0.6) is 0 Å². The van der Waals surface area contributed by atoms with Gasteiger partial charge in [0.25, 0.3) is 0 Å². The van der Waals surface area contributed by atoms with Crippen LogP contribution in [-0.4, -0.2) is 15.0 Å². The van der Waals surface area contributed by atoms with Crippen molar-refractivity contribution in [2.24, 2.45) is 0 Å². The smallest absolute Gasteiger partial charge is 0.164 e. The highest BCUT2D eigenvalue weighted by Gasteiger charge is 2.17. The summed E-state index contributed by atoms with van der Waals surface area (Å²) in [6.07, 6.45) is 0. The normalized spacial score (nSPS) is 11.5. The molecule has 238 valence electrons. The minimum Gasteiger partial charge on any atom is -0.455 e. The minimum absolute atomic E-state index is 0.593. The summed E-state index contributed by atoms with van der Waals surface area (Å²) in [6, 6.07) is 61.1. The maximum absolute atomic E-state index is 6.67. The van der Waals surface area contributed by atoms with E-state index in [2.05, 4.69) is 170 Å². The van der Waals surface area contributed by atoms with E-state index in [0.717, 1.165) is 60.5 Å². The van der Waals surface area contributed by atoms with Gasteiger partial charge < -0.3 is 4.42 Å². The van der Waals surface area contributed by atoms with Crippen LogP contribution in [0.2, 0.25) is 0 Å². The molecule has 0 spiro atoms. The number of rotatable bonds is 5. The largest absolute Gasteiger partial charge is 0.455 e. The van der Waals surface area contributed by atoms with E-state index in [1.165, 1.54) is 21.9 Å². The second-order valence-corrected chi connectivity index (χ2v) is 12.9. The van der Waals surface area contributed by atoms with Crippen molar-refractivity contribution in [3.05, 3.63) is 176 Å². The van der Waals surface area contributed by atoms with Crippen molar-refractivity contribution in [2.45, 2.75) is 0 Å². The van der Waals surface area contributed by atoms with Crippen molar-refractivity contribution >= 4 is 43.5 Å². The summed E-state index contributed by atoms with van der Waals surface area (Å²) in [5, 5.41) is 6.75. The third kappa shape index (κ3) is 5.22. The van der Waals surface area contributed by atoms with E-state index in [1.54, 1.807) is 0 Å². The first-order valence-electron chi connectivity index (χ1n) is 17.1. The number of furan rings is 1. The first-order valence-corrected chi connectivity index (χ1v) is 17.1. The lowest BCUT2D eigenvalue weighted by molar-refractivity contribution is 0.670. The monoisotopic (exact) mass is 651 g/mol. The van der Waals surface area contributed by atoms with E-state index < -0.39 is 0 Å². The van der Waals surface area contributed by atoms with E-state index in [9.17, 15) is 0 Å². The first kappa shape index (κ1) is 29.0. The van der Waals surface area contributed by atoms with Gasteiger partial charge in [0.1, 0.15) is 11.2 Å². The fourth-order valence-electron chi connectivity index (χ4n) is 7.06. The molecule has 0 bridgehead atoms. The number of benzene rings is 8. The molecule has 2 heterocycles. The molecule has 0 aliphatic carbocycles. The van der Waals surface area contributed by atoms with Crippen LogP contribution in [0.1, 0.15) is 0 Å². The number of fused-ring (bicyclic) bond motifs is 5. The Labute approximate surface area is 294 Å². The van der Waals surface area contributed by atoms with Crippen LogP contribution in [0.4, 0.5) is 0 Å². The van der Waals surface area contributed by atoms with Crippen LogP contribution in [-0.2, 0) is 0 Å². The zero-order chi connectivity index (χ0) is 33.7. The molecule has 10 rings (SSSR count). The molecule has 0 N–H and O–H groups in total. The fraction of sp³-hybridized carbons (Fsp3) is 0. The van der Waals surface area contributed by atoms with Gasteiger partial charge in [0, 0.05) is 33.0 Å². The molecule has 0 aliphatic heterocycles. The minimum atomic E-state index is 0.593. The van der Waals surface area contributed by atoms with E-state index in [-0.39, 0.29) is 0 Å². The zero-order valence-electron chi connectivity index (χ0n) is 27.5. The summed E-state index contributed by atoms with van der Waals surface area (Å²) in [7, 11) is 0. The standard InChI is InChI=1S/C47H29N3O/c1-2-9-30(10-3-1)33-17-21-34(22-18-33)40-15-8-16-42-41-26-25-39(29-43(41)51-44(40)42)47-49-45(37-23-19-31-11-4-6-13-35(31)27-37)48-46(50-47)38-24-20-32-12-5-7-14-36(32)28-38/h1-29H. The van der Waals surface area contributed by atoms with Crippen molar-refractivity contribution in [2.75, 3.05) is 0 Å². The average Bonchev–Trinajstić information content (AvgIpc) is 3.59. The van der Waals surface area contributed by atoms with Crippen molar-refractivity contribution < 1.29 is 4.42 Å². The van der Waals surface area contributed by atoms with E-state index >= 15 is 0 Å². The average molecular weight is 652 g/mol. The van der Waals surface area contributed by atoms with Crippen LogP contribution in [0, 0.1) is 0 Å². The molecule has 4 nitrogen and oxygen atoms in total. The number of hydrogen-bond acceptors (Lipinski definition) is 4. The topological polar surface area (TPSA) is 51.8 Å². The first-order chi connectivity index (χ1) is 25.2. The molecule has 51 heavy (non-hydrogen) atoms. The Morgan fingerprint density at radius 2 is 0.804 bits per heavy atom. The summed E-state index contributed by atoms with van der Waals surface area (Å²) in [5.74, 6) is 1.84. The lowest BCUT2D eigenvalue weighted by atomic mass is 9.99. The van der Waals surface area contributed by atoms with Gasteiger partial charge in [0.2, 0.25) is 0 Å². The molecule has 0 amide bonds. The van der Waals surface area contributed by atoms with Gasteiger partial charge in [0.15, 0.2) is 17.5 Å². The van der Waals surface area contributed by atoms with Crippen LogP contribution >= 0.6 is 0 Å². The molecule has 0 saturated heterocycles. The molecular formula is C47H29N3O. The molecule has 4 heteroatoms. The van der Waals surface area contributed by atoms with E-state index in [1.807, 2.05) is 6.07 Å². The van der Waals surface area contributed by atoms with Crippen molar-refractivity contribution in [3.63, 3.8) is 0 Å². The second kappa shape index (κ2) is 11.9. The third-order valence-corrected chi connectivity index (χ3v) is 9.71. The van der Waals surface area contributed by atoms with Gasteiger partial charge in [-0.3, -0.25) is 0 Å².